The number of ether oxygens (including phenoxy) is 1. The standard InChI is InChI=1S/C27H36ClNO3/c1-4-21-10-7-11-22(18-21)26-24(13-8-14-25(26)28)27(31,15-5-6-17-32-3)23-12-9-16-29(19-23)20(2)30/h7-8,10-11,13-14,18,23,31H,4-6,9,12,15-17,19H2,1-3H3/t23-,27+/m1/s1. The number of likely N-dealkylation sites (tertiary alicyclic amines) is 1. The molecule has 1 amide bonds. The molecule has 5 heteroatoms. The Balaban J connectivity index is 2.08. The van der Waals surface area contributed by atoms with Crippen molar-refractivity contribution in [2.75, 3.05) is 26.8 Å². The first-order chi connectivity index (χ1) is 15.4. The number of nitrogens with zero attached hydrogens (tertiary/aromatic N) is 1. The van der Waals surface area contributed by atoms with Gasteiger partial charge in [0, 0.05) is 50.2 Å². The monoisotopic (exact) mass is 457 g/mol. The van der Waals surface area contributed by atoms with Gasteiger partial charge in [0.15, 0.2) is 0 Å². The minimum absolute atomic E-state index is 0.0470. The van der Waals surface area contributed by atoms with Gasteiger partial charge in [-0.3, -0.25) is 4.79 Å². The number of unbranched alkanes of at least 4 members (excludes halogenated alkanes) is 1. The van der Waals surface area contributed by atoms with Gasteiger partial charge in [-0.05, 0) is 61.3 Å². The molecule has 0 saturated carbocycles. The van der Waals surface area contributed by atoms with E-state index in [9.17, 15) is 9.90 Å². The second kappa shape index (κ2) is 11.3. The molecule has 3 rings (SSSR count). The maximum absolute atomic E-state index is 12.4. The Hall–Kier alpha value is -1.88. The van der Waals surface area contributed by atoms with E-state index in [1.807, 2.05) is 23.1 Å². The van der Waals surface area contributed by atoms with Crippen LogP contribution in [0.2, 0.25) is 5.02 Å². The summed E-state index contributed by atoms with van der Waals surface area (Å²) in [6, 6.07) is 14.2. The van der Waals surface area contributed by atoms with Crippen molar-refractivity contribution in [2.45, 2.75) is 58.0 Å². The number of rotatable bonds is 9. The third kappa shape index (κ3) is 5.54. The van der Waals surface area contributed by atoms with Gasteiger partial charge in [-0.2, -0.15) is 0 Å². The van der Waals surface area contributed by atoms with Crippen LogP contribution in [0.1, 0.15) is 57.1 Å². The average molecular weight is 458 g/mol. The SMILES string of the molecule is CCc1cccc(-c2c(Cl)cccc2[C@](O)(CCCCOC)[C@@H]2CCCN(C(C)=O)C2)c1. The van der Waals surface area contributed by atoms with Gasteiger partial charge in [-0.15, -0.1) is 0 Å². The lowest BCUT2D eigenvalue weighted by Crippen LogP contribution is -2.47. The second-order valence-corrected chi connectivity index (χ2v) is 9.30. The van der Waals surface area contributed by atoms with Crippen molar-refractivity contribution >= 4 is 17.5 Å². The number of carbonyl (C=O) groups is 1. The molecule has 0 radical (unpaired) electrons. The predicted octanol–water partition coefficient (Wildman–Crippen LogP) is 5.83. The van der Waals surface area contributed by atoms with Gasteiger partial charge >= 0.3 is 0 Å². The molecular formula is C27H36ClNO3. The zero-order valence-corrected chi connectivity index (χ0v) is 20.3. The Morgan fingerprint density at radius 1 is 1.25 bits per heavy atom. The number of aliphatic hydroxyl groups is 1. The molecule has 0 bridgehead atoms. The number of aryl methyl sites for hydroxylation is 1. The van der Waals surface area contributed by atoms with Crippen LogP contribution in [0, 0.1) is 5.92 Å². The van der Waals surface area contributed by atoms with Gasteiger partial charge < -0.3 is 14.7 Å². The summed E-state index contributed by atoms with van der Waals surface area (Å²) < 4.78 is 5.24. The van der Waals surface area contributed by atoms with E-state index in [1.54, 1.807) is 14.0 Å². The minimum Gasteiger partial charge on any atom is -0.385 e. The smallest absolute Gasteiger partial charge is 0.219 e. The lowest BCUT2D eigenvalue weighted by molar-refractivity contribution is -0.134. The Morgan fingerprint density at radius 3 is 2.75 bits per heavy atom. The maximum atomic E-state index is 12.4. The highest BCUT2D eigenvalue weighted by Crippen LogP contribution is 2.45. The summed E-state index contributed by atoms with van der Waals surface area (Å²) in [5.41, 5.74) is 2.95. The highest BCUT2D eigenvalue weighted by molar-refractivity contribution is 6.33. The summed E-state index contributed by atoms with van der Waals surface area (Å²) >= 11 is 6.77. The third-order valence-electron chi connectivity index (χ3n) is 6.80. The van der Waals surface area contributed by atoms with E-state index in [1.165, 1.54) is 5.56 Å². The average Bonchev–Trinajstić information content (AvgIpc) is 2.81. The van der Waals surface area contributed by atoms with E-state index < -0.39 is 5.60 Å². The largest absolute Gasteiger partial charge is 0.385 e. The summed E-state index contributed by atoms with van der Waals surface area (Å²) in [7, 11) is 1.70. The van der Waals surface area contributed by atoms with Crippen molar-refractivity contribution in [3.05, 3.63) is 58.6 Å². The summed E-state index contributed by atoms with van der Waals surface area (Å²) in [5, 5.41) is 13.0. The van der Waals surface area contributed by atoms with Gasteiger partial charge in [0.25, 0.3) is 0 Å². The molecule has 1 heterocycles. The van der Waals surface area contributed by atoms with Crippen LogP contribution < -0.4 is 0 Å². The van der Waals surface area contributed by atoms with Crippen LogP contribution in [0.25, 0.3) is 11.1 Å². The molecule has 1 N–H and O–H groups in total. The van der Waals surface area contributed by atoms with Crippen LogP contribution in [0.5, 0.6) is 0 Å². The molecular weight excluding hydrogens is 422 g/mol. The van der Waals surface area contributed by atoms with Gasteiger partial charge in [0.2, 0.25) is 5.91 Å². The fourth-order valence-corrected chi connectivity index (χ4v) is 5.26. The topological polar surface area (TPSA) is 49.8 Å². The quantitative estimate of drug-likeness (QED) is 0.482. The first-order valence-electron chi connectivity index (χ1n) is 11.8. The Labute approximate surface area is 197 Å². The molecule has 1 aliphatic rings. The van der Waals surface area contributed by atoms with Crippen LogP contribution in [0.4, 0.5) is 0 Å². The molecule has 0 unspecified atom stereocenters. The van der Waals surface area contributed by atoms with E-state index in [0.29, 0.717) is 24.6 Å². The van der Waals surface area contributed by atoms with Gasteiger partial charge in [0.05, 0.1) is 5.60 Å². The molecule has 1 fully saturated rings. The lowest BCUT2D eigenvalue weighted by Gasteiger charge is -2.43. The number of hydrogen-bond acceptors (Lipinski definition) is 3. The summed E-state index contributed by atoms with van der Waals surface area (Å²) in [5.74, 6) is 0.0210. The van der Waals surface area contributed by atoms with Crippen molar-refractivity contribution in [3.63, 3.8) is 0 Å². The normalized spacial score (nSPS) is 18.4. The first kappa shape index (κ1) is 24.8. The maximum Gasteiger partial charge on any atom is 0.219 e. The summed E-state index contributed by atoms with van der Waals surface area (Å²) in [4.78, 5) is 14.0. The highest BCUT2D eigenvalue weighted by atomic mass is 35.5. The van der Waals surface area contributed by atoms with E-state index in [0.717, 1.165) is 55.3 Å². The molecule has 32 heavy (non-hydrogen) atoms. The number of piperidine rings is 1. The Bertz CT molecular complexity index is 916. The number of methoxy groups -OCH3 is 1. The van der Waals surface area contributed by atoms with E-state index in [2.05, 4.69) is 31.2 Å². The Morgan fingerprint density at radius 2 is 2.03 bits per heavy atom. The number of amides is 1. The molecule has 1 aliphatic heterocycles. The van der Waals surface area contributed by atoms with Crippen LogP contribution in [-0.2, 0) is 21.6 Å². The van der Waals surface area contributed by atoms with Crippen molar-refractivity contribution in [1.29, 1.82) is 0 Å². The number of hydrogen-bond donors (Lipinski definition) is 1. The molecule has 174 valence electrons. The number of benzene rings is 2. The second-order valence-electron chi connectivity index (χ2n) is 8.89. The van der Waals surface area contributed by atoms with Gasteiger partial charge in [0.1, 0.15) is 0 Å². The summed E-state index contributed by atoms with van der Waals surface area (Å²) in [6.45, 7) is 5.74. The van der Waals surface area contributed by atoms with E-state index >= 15 is 0 Å². The lowest BCUT2D eigenvalue weighted by atomic mass is 9.72. The fraction of sp³-hybridized carbons (Fsp3) is 0.519. The molecule has 2 aromatic carbocycles. The zero-order valence-electron chi connectivity index (χ0n) is 19.6. The molecule has 1 saturated heterocycles. The highest BCUT2D eigenvalue weighted by Gasteiger charge is 2.42. The first-order valence-corrected chi connectivity index (χ1v) is 12.1. The molecule has 2 aromatic rings. The number of carbonyl (C=O) groups excluding carboxylic acids is 1. The molecule has 4 nitrogen and oxygen atoms in total. The van der Waals surface area contributed by atoms with Crippen molar-refractivity contribution < 1.29 is 14.6 Å². The van der Waals surface area contributed by atoms with Crippen molar-refractivity contribution in [2.24, 2.45) is 5.92 Å². The molecule has 0 aliphatic carbocycles. The van der Waals surface area contributed by atoms with Crippen LogP contribution in [-0.4, -0.2) is 42.7 Å². The third-order valence-corrected chi connectivity index (χ3v) is 7.12. The molecule has 0 aromatic heterocycles. The fourth-order valence-electron chi connectivity index (χ4n) is 4.98. The van der Waals surface area contributed by atoms with E-state index in [4.69, 9.17) is 16.3 Å². The van der Waals surface area contributed by atoms with E-state index in [-0.39, 0.29) is 11.8 Å². The number of halogens is 1. The van der Waals surface area contributed by atoms with Crippen molar-refractivity contribution in [3.8, 4) is 11.1 Å². The van der Waals surface area contributed by atoms with Crippen LogP contribution in [0.3, 0.4) is 0 Å². The zero-order chi connectivity index (χ0) is 23.1. The Kier molecular flexibility index (Phi) is 8.75. The van der Waals surface area contributed by atoms with Gasteiger partial charge in [-0.25, -0.2) is 0 Å². The van der Waals surface area contributed by atoms with Crippen molar-refractivity contribution in [1.82, 2.24) is 4.90 Å². The van der Waals surface area contributed by atoms with Gasteiger partial charge in [-0.1, -0.05) is 54.9 Å². The molecule has 0 spiro atoms. The molecule has 2 atom stereocenters. The van der Waals surface area contributed by atoms with Crippen LogP contribution in [0.15, 0.2) is 42.5 Å². The van der Waals surface area contributed by atoms with Crippen LogP contribution >= 0.6 is 11.6 Å². The minimum atomic E-state index is -1.08. The summed E-state index contributed by atoms with van der Waals surface area (Å²) in [6.07, 6.45) is 5.03. The predicted molar refractivity (Wildman–Crippen MR) is 131 cm³/mol.